The zero-order valence-electron chi connectivity index (χ0n) is 15.2. The Hall–Kier alpha value is -2.12. The third-order valence-corrected chi connectivity index (χ3v) is 5.51. The predicted molar refractivity (Wildman–Crippen MR) is 100 cm³/mol. The van der Waals surface area contributed by atoms with E-state index in [1.807, 2.05) is 12.1 Å². The largest absolute Gasteiger partial charge is 0.383 e. The first-order valence-electron chi connectivity index (χ1n) is 9.12. The van der Waals surface area contributed by atoms with Crippen molar-refractivity contribution < 1.29 is 19.1 Å². The van der Waals surface area contributed by atoms with Gasteiger partial charge in [-0.2, -0.15) is 0 Å². The average Bonchev–Trinajstić information content (AvgIpc) is 2.66. The number of carbonyl (C=O) groups is 3. The van der Waals surface area contributed by atoms with Crippen LogP contribution in [0.15, 0.2) is 24.3 Å². The van der Waals surface area contributed by atoms with Crippen molar-refractivity contribution >= 4 is 29.4 Å². The summed E-state index contributed by atoms with van der Waals surface area (Å²) in [6.07, 6.45) is 1.70. The van der Waals surface area contributed by atoms with Gasteiger partial charge >= 0.3 is 6.03 Å². The number of amides is 4. The fraction of sp³-hybridized carbons (Fsp3) is 0.526. The van der Waals surface area contributed by atoms with E-state index in [-0.39, 0.29) is 36.2 Å². The number of nitrogens with zero attached hydrogens (tertiary/aromatic N) is 1. The van der Waals surface area contributed by atoms with Crippen LogP contribution in [0.25, 0.3) is 0 Å². The van der Waals surface area contributed by atoms with Gasteiger partial charge in [0.2, 0.25) is 11.8 Å². The molecule has 3 unspecified atom stereocenters. The number of rotatable bonds is 6. The van der Waals surface area contributed by atoms with Crippen molar-refractivity contribution in [1.82, 2.24) is 15.5 Å². The van der Waals surface area contributed by atoms with Crippen LogP contribution >= 0.6 is 11.6 Å². The van der Waals surface area contributed by atoms with Gasteiger partial charge in [0.25, 0.3) is 0 Å². The van der Waals surface area contributed by atoms with E-state index in [0.717, 1.165) is 5.56 Å². The van der Waals surface area contributed by atoms with E-state index in [9.17, 15) is 14.4 Å². The minimum absolute atomic E-state index is 0.0492. The first-order chi connectivity index (χ1) is 13.0. The maximum Gasteiger partial charge on any atom is 0.324 e. The summed E-state index contributed by atoms with van der Waals surface area (Å²) in [6.45, 7) is 0.984. The highest BCUT2D eigenvalue weighted by Gasteiger charge is 2.45. The zero-order valence-corrected chi connectivity index (χ0v) is 16.0. The molecule has 0 spiro atoms. The second-order valence-corrected chi connectivity index (χ2v) is 7.44. The zero-order chi connectivity index (χ0) is 19.4. The molecule has 2 aliphatic rings. The molecule has 4 amide bonds. The Bertz CT molecular complexity index is 709. The van der Waals surface area contributed by atoms with E-state index in [2.05, 4.69) is 10.6 Å². The fourth-order valence-electron chi connectivity index (χ4n) is 3.73. The molecule has 1 aliphatic heterocycles. The normalized spacial score (nSPS) is 25.0. The molecule has 8 heteroatoms. The molecular weight excluding hydrogens is 370 g/mol. The number of hydrogen-bond donors (Lipinski definition) is 2. The number of imide groups is 1. The van der Waals surface area contributed by atoms with Crippen LogP contribution in [0.4, 0.5) is 4.79 Å². The predicted octanol–water partition coefficient (Wildman–Crippen LogP) is 1.94. The molecule has 0 radical (unpaired) electrons. The second-order valence-electron chi connectivity index (χ2n) is 7.00. The maximum atomic E-state index is 12.6. The van der Waals surface area contributed by atoms with E-state index < -0.39 is 6.03 Å². The first-order valence-corrected chi connectivity index (χ1v) is 9.50. The van der Waals surface area contributed by atoms with Gasteiger partial charge in [0.1, 0.15) is 0 Å². The van der Waals surface area contributed by atoms with E-state index in [1.165, 1.54) is 12.0 Å². The number of nitrogens with one attached hydrogen (secondary N) is 2. The summed E-state index contributed by atoms with van der Waals surface area (Å²) < 4.78 is 4.96. The molecule has 1 saturated heterocycles. The highest BCUT2D eigenvalue weighted by atomic mass is 35.5. The molecule has 1 aromatic carbocycles. The summed E-state index contributed by atoms with van der Waals surface area (Å²) >= 11 is 5.86. The molecule has 1 heterocycles. The molecule has 146 valence electrons. The molecule has 1 aromatic rings. The lowest BCUT2D eigenvalue weighted by molar-refractivity contribution is -0.139. The van der Waals surface area contributed by atoms with Crippen LogP contribution in [0.5, 0.6) is 0 Å². The van der Waals surface area contributed by atoms with Crippen molar-refractivity contribution in [3.05, 3.63) is 34.9 Å². The number of hydrogen-bond acceptors (Lipinski definition) is 4. The summed E-state index contributed by atoms with van der Waals surface area (Å²) in [5, 5.41) is 6.48. The quantitative estimate of drug-likeness (QED) is 0.773. The standard InChI is InChI=1S/C19H24ClN3O4/c1-27-9-8-23-18(25)15-7-4-13(10-16(15)22-19(23)26)17(24)21-11-12-2-5-14(20)6-3-12/h2-3,5-6,13,15-16H,4,7-11H2,1H3,(H,21,24)(H,22,26). The molecular formula is C19H24ClN3O4. The molecule has 1 aliphatic carbocycles. The topological polar surface area (TPSA) is 87.7 Å². The monoisotopic (exact) mass is 393 g/mol. The van der Waals surface area contributed by atoms with Crippen LogP contribution in [-0.2, 0) is 20.9 Å². The van der Waals surface area contributed by atoms with Crippen LogP contribution in [0.2, 0.25) is 5.02 Å². The summed E-state index contributed by atoms with van der Waals surface area (Å²) in [7, 11) is 1.53. The van der Waals surface area contributed by atoms with Gasteiger partial charge in [0.15, 0.2) is 0 Å². The van der Waals surface area contributed by atoms with E-state index in [0.29, 0.717) is 37.4 Å². The number of ether oxygens (including phenoxy) is 1. The SMILES string of the molecule is COCCN1C(=O)NC2CC(C(=O)NCc3ccc(Cl)cc3)CCC2C1=O. The summed E-state index contributed by atoms with van der Waals surface area (Å²) in [5.41, 5.74) is 0.969. The van der Waals surface area contributed by atoms with Crippen LogP contribution in [0.1, 0.15) is 24.8 Å². The van der Waals surface area contributed by atoms with Gasteiger partial charge in [0, 0.05) is 30.6 Å². The molecule has 0 aromatic heterocycles. The summed E-state index contributed by atoms with van der Waals surface area (Å²) in [4.78, 5) is 38.5. The molecule has 7 nitrogen and oxygen atoms in total. The lowest BCUT2D eigenvalue weighted by atomic mass is 9.76. The Labute approximate surface area is 163 Å². The van der Waals surface area contributed by atoms with Crippen LogP contribution in [0, 0.1) is 11.8 Å². The molecule has 2 N–H and O–H groups in total. The molecule has 3 rings (SSSR count). The highest BCUT2D eigenvalue weighted by molar-refractivity contribution is 6.30. The number of carbonyl (C=O) groups excluding carboxylic acids is 3. The average molecular weight is 394 g/mol. The van der Waals surface area contributed by atoms with E-state index >= 15 is 0 Å². The summed E-state index contributed by atoms with van der Waals surface area (Å²) in [6, 6.07) is 6.62. The number of halogens is 1. The van der Waals surface area contributed by atoms with Crippen molar-refractivity contribution in [2.24, 2.45) is 11.8 Å². The minimum atomic E-state index is -0.402. The number of methoxy groups -OCH3 is 1. The van der Waals surface area contributed by atoms with Gasteiger partial charge in [-0.15, -0.1) is 0 Å². The number of benzene rings is 1. The van der Waals surface area contributed by atoms with E-state index in [4.69, 9.17) is 16.3 Å². The smallest absolute Gasteiger partial charge is 0.324 e. The van der Waals surface area contributed by atoms with Gasteiger partial charge in [-0.3, -0.25) is 14.5 Å². The fourth-order valence-corrected chi connectivity index (χ4v) is 3.86. The van der Waals surface area contributed by atoms with Gasteiger partial charge in [-0.25, -0.2) is 4.79 Å². The highest BCUT2D eigenvalue weighted by Crippen LogP contribution is 2.33. The Morgan fingerprint density at radius 1 is 1.30 bits per heavy atom. The Morgan fingerprint density at radius 3 is 2.74 bits per heavy atom. The minimum Gasteiger partial charge on any atom is -0.383 e. The molecule has 27 heavy (non-hydrogen) atoms. The molecule has 2 fully saturated rings. The van der Waals surface area contributed by atoms with Crippen LogP contribution in [0.3, 0.4) is 0 Å². The van der Waals surface area contributed by atoms with E-state index in [1.54, 1.807) is 12.1 Å². The second kappa shape index (κ2) is 8.71. The lowest BCUT2D eigenvalue weighted by Crippen LogP contribution is -2.62. The van der Waals surface area contributed by atoms with Gasteiger partial charge in [-0.05, 0) is 37.0 Å². The van der Waals surface area contributed by atoms with Crippen molar-refractivity contribution in [1.29, 1.82) is 0 Å². The van der Waals surface area contributed by atoms with Crippen molar-refractivity contribution in [2.45, 2.75) is 31.8 Å². The molecule has 3 atom stereocenters. The third-order valence-electron chi connectivity index (χ3n) is 5.26. The third kappa shape index (κ3) is 4.59. The number of urea groups is 1. The van der Waals surface area contributed by atoms with Gasteiger partial charge in [-0.1, -0.05) is 23.7 Å². The Kier molecular flexibility index (Phi) is 6.34. The molecule has 0 bridgehead atoms. The van der Waals surface area contributed by atoms with Gasteiger partial charge < -0.3 is 15.4 Å². The Morgan fingerprint density at radius 2 is 2.04 bits per heavy atom. The number of fused-ring (bicyclic) bond motifs is 1. The first kappa shape index (κ1) is 19.6. The maximum absolute atomic E-state index is 12.6. The van der Waals surface area contributed by atoms with Gasteiger partial charge in [0.05, 0.1) is 19.1 Å². The van der Waals surface area contributed by atoms with Crippen molar-refractivity contribution in [3.63, 3.8) is 0 Å². The summed E-state index contributed by atoms with van der Waals surface area (Å²) in [5.74, 6) is -0.690. The van der Waals surface area contributed by atoms with Crippen LogP contribution < -0.4 is 10.6 Å². The lowest BCUT2D eigenvalue weighted by Gasteiger charge is -2.41. The van der Waals surface area contributed by atoms with Crippen LogP contribution in [-0.4, -0.2) is 49.0 Å². The van der Waals surface area contributed by atoms with Crippen molar-refractivity contribution in [2.75, 3.05) is 20.3 Å². The van der Waals surface area contributed by atoms with Crippen molar-refractivity contribution in [3.8, 4) is 0 Å². The molecule has 1 saturated carbocycles. The Balaban J connectivity index is 1.54.